The molecule has 0 saturated heterocycles. The highest BCUT2D eigenvalue weighted by molar-refractivity contribution is 6.11. The molecular formula is C63H66F4O4. The van der Waals surface area contributed by atoms with Gasteiger partial charge in [-0.05, 0) is 156 Å². The van der Waals surface area contributed by atoms with Gasteiger partial charge in [0.2, 0.25) is 0 Å². The summed E-state index contributed by atoms with van der Waals surface area (Å²) >= 11 is 0. The summed E-state index contributed by atoms with van der Waals surface area (Å²) in [7, 11) is 0. The highest BCUT2D eigenvalue weighted by Crippen LogP contribution is 2.61. The minimum Gasteiger partial charge on any atom is -0.494 e. The van der Waals surface area contributed by atoms with Crippen LogP contribution < -0.4 is 9.47 Å². The molecule has 4 nitrogen and oxygen atoms in total. The molecule has 8 heteroatoms. The fraction of sp³-hybridized carbons (Fsp3) is 0.413. The van der Waals surface area contributed by atoms with E-state index in [1.54, 1.807) is 30.3 Å². The molecule has 1 heterocycles. The van der Waals surface area contributed by atoms with Crippen molar-refractivity contribution in [1.29, 1.82) is 0 Å². The van der Waals surface area contributed by atoms with Crippen molar-refractivity contribution in [3.63, 3.8) is 0 Å². The van der Waals surface area contributed by atoms with Gasteiger partial charge in [-0.1, -0.05) is 139 Å². The fourth-order valence-electron chi connectivity index (χ4n) is 12.6. The normalized spacial score (nSPS) is 22.5. The average molecular weight is 963 g/mol. The molecule has 10 rings (SSSR count). The van der Waals surface area contributed by atoms with E-state index >= 15 is 0 Å². The zero-order chi connectivity index (χ0) is 49.5. The number of benzene rings is 6. The quantitative estimate of drug-likeness (QED) is 0.0620. The van der Waals surface area contributed by atoms with E-state index in [2.05, 4.69) is 33.8 Å². The van der Waals surface area contributed by atoms with Crippen LogP contribution in [-0.2, 0) is 21.9 Å². The molecule has 1 aliphatic heterocycles. The van der Waals surface area contributed by atoms with E-state index in [4.69, 9.17) is 14.2 Å². The van der Waals surface area contributed by atoms with Gasteiger partial charge >= 0.3 is 12.1 Å². The molecule has 1 unspecified atom stereocenters. The summed E-state index contributed by atoms with van der Waals surface area (Å²) in [6.07, 6.45) is 13.8. The molecule has 6 aromatic carbocycles. The third-order valence-electron chi connectivity index (χ3n) is 16.5. The molecule has 2 fully saturated rings. The molecule has 6 aromatic rings. The molecule has 1 atom stereocenters. The summed E-state index contributed by atoms with van der Waals surface area (Å²) in [5.41, 5.74) is 4.71. The number of esters is 1. The first-order chi connectivity index (χ1) is 34.3. The van der Waals surface area contributed by atoms with Crippen molar-refractivity contribution in [2.45, 2.75) is 141 Å². The number of halogens is 4. The Morgan fingerprint density at radius 3 is 2.01 bits per heavy atom. The predicted molar refractivity (Wildman–Crippen MR) is 275 cm³/mol. The van der Waals surface area contributed by atoms with E-state index < -0.39 is 28.6 Å². The lowest BCUT2D eigenvalue weighted by atomic mass is 9.70. The molecule has 4 aliphatic rings. The molecule has 3 aliphatic carbocycles. The van der Waals surface area contributed by atoms with Gasteiger partial charge in [0.15, 0.2) is 5.60 Å². The number of alkyl halides is 3. The Bertz CT molecular complexity index is 2900. The Kier molecular flexibility index (Phi) is 13.7. The van der Waals surface area contributed by atoms with Gasteiger partial charge in [0.25, 0.3) is 0 Å². The second-order valence-corrected chi connectivity index (χ2v) is 21.3. The number of fused-ring (bicyclic) bond motifs is 8. The van der Waals surface area contributed by atoms with E-state index in [1.807, 2.05) is 60.7 Å². The van der Waals surface area contributed by atoms with Crippen LogP contribution in [0.15, 0.2) is 121 Å². The molecule has 2 saturated carbocycles. The molecule has 71 heavy (non-hydrogen) atoms. The standard InChI is InChI=1S/C63H66F4O4/c1-5-7-9-12-40-15-17-41(18-16-40)42-23-32-50(33-24-42)70-60(68)44-21-19-43(20-22-44)54-39-62(45-25-30-48(64)31-26-45,46-27-34-49(35-28-46)69-37-8-6-2)71-59-53-38-47(63(65,66)67)29-36-51(53)56-52-13-10-11-14-55(52)61(3,4)58(56)57(54)59/h10-11,13-14,19-22,25-31,34-36,38-42,50H,5-9,12,15-18,23-24,32-33,37H2,1-4H3. The van der Waals surface area contributed by atoms with Gasteiger partial charge < -0.3 is 14.2 Å². The van der Waals surface area contributed by atoms with Crippen molar-refractivity contribution in [2.75, 3.05) is 6.61 Å². The Hall–Kier alpha value is -5.89. The lowest BCUT2D eigenvalue weighted by molar-refractivity contribution is -0.137. The average Bonchev–Trinajstić information content (AvgIpc) is 3.62. The van der Waals surface area contributed by atoms with Crippen molar-refractivity contribution in [3.05, 3.63) is 172 Å². The van der Waals surface area contributed by atoms with Gasteiger partial charge in [0.1, 0.15) is 23.4 Å². The third-order valence-corrected chi connectivity index (χ3v) is 16.5. The van der Waals surface area contributed by atoms with Crippen LogP contribution in [-0.4, -0.2) is 18.7 Å². The lowest BCUT2D eigenvalue weighted by Crippen LogP contribution is -2.36. The number of hydrogen-bond donors (Lipinski definition) is 0. The van der Waals surface area contributed by atoms with Crippen molar-refractivity contribution in [3.8, 4) is 22.6 Å². The number of carbonyl (C=O) groups is 1. The zero-order valence-corrected chi connectivity index (χ0v) is 41.6. The lowest BCUT2D eigenvalue weighted by Gasteiger charge is -2.41. The summed E-state index contributed by atoms with van der Waals surface area (Å²) < 4.78 is 79.2. The minimum atomic E-state index is -4.64. The van der Waals surface area contributed by atoms with Crippen molar-refractivity contribution in [2.24, 2.45) is 17.8 Å². The van der Waals surface area contributed by atoms with Gasteiger partial charge in [-0.2, -0.15) is 13.2 Å². The molecule has 370 valence electrons. The second kappa shape index (κ2) is 20.0. The third kappa shape index (κ3) is 9.41. The van der Waals surface area contributed by atoms with Gasteiger partial charge in [-0.3, -0.25) is 0 Å². The maximum absolute atomic E-state index is 14.9. The van der Waals surface area contributed by atoms with E-state index in [9.17, 15) is 22.4 Å². The predicted octanol–water partition coefficient (Wildman–Crippen LogP) is 17.4. The zero-order valence-electron chi connectivity index (χ0n) is 41.6. The Labute approximate surface area is 416 Å². The van der Waals surface area contributed by atoms with Gasteiger partial charge in [0.05, 0.1) is 17.7 Å². The minimum absolute atomic E-state index is 0.130. The first-order valence-corrected chi connectivity index (χ1v) is 26.3. The largest absolute Gasteiger partial charge is 0.494 e. The summed E-state index contributed by atoms with van der Waals surface area (Å²) in [5.74, 6) is 2.52. The van der Waals surface area contributed by atoms with Crippen molar-refractivity contribution >= 4 is 22.3 Å². The summed E-state index contributed by atoms with van der Waals surface area (Å²) in [6, 6.07) is 33.1. The van der Waals surface area contributed by atoms with Crippen molar-refractivity contribution < 1.29 is 36.6 Å². The topological polar surface area (TPSA) is 44.8 Å². The molecule has 0 aromatic heterocycles. The SMILES string of the molecule is CCCCCC1CCC(C2CCC(OC(=O)c3ccc(C4=CC(c5ccc(F)cc5)(c5ccc(OCCCC)cc5)Oc5c4c4c(c6ccc(C(F)(F)F)cc56)-c5ccccc5C4(C)C)cc3)CC2)CC1. The maximum Gasteiger partial charge on any atom is 0.416 e. The summed E-state index contributed by atoms with van der Waals surface area (Å²) in [5, 5.41) is 0.943. The first-order valence-electron chi connectivity index (χ1n) is 26.3. The van der Waals surface area contributed by atoms with Gasteiger partial charge in [0, 0.05) is 27.5 Å². The van der Waals surface area contributed by atoms with Crippen LogP contribution in [0.25, 0.3) is 27.5 Å². The Morgan fingerprint density at radius 2 is 1.35 bits per heavy atom. The van der Waals surface area contributed by atoms with Crippen LogP contribution in [0.2, 0.25) is 0 Å². The van der Waals surface area contributed by atoms with E-state index in [-0.39, 0.29) is 17.8 Å². The van der Waals surface area contributed by atoms with Crippen LogP contribution in [0.3, 0.4) is 0 Å². The number of ether oxygens (including phenoxy) is 3. The van der Waals surface area contributed by atoms with Gasteiger partial charge in [-0.15, -0.1) is 0 Å². The van der Waals surface area contributed by atoms with Crippen LogP contribution in [0.1, 0.15) is 167 Å². The molecule has 0 spiro atoms. The number of hydrogen-bond acceptors (Lipinski definition) is 4. The second-order valence-electron chi connectivity index (χ2n) is 21.3. The smallest absolute Gasteiger partial charge is 0.416 e. The molecule has 0 N–H and O–H groups in total. The van der Waals surface area contributed by atoms with Crippen LogP contribution in [0, 0.1) is 23.6 Å². The molecule has 0 amide bonds. The molecule has 0 bridgehead atoms. The Morgan fingerprint density at radius 1 is 0.704 bits per heavy atom. The van der Waals surface area contributed by atoms with Crippen LogP contribution in [0.4, 0.5) is 17.6 Å². The van der Waals surface area contributed by atoms with Crippen molar-refractivity contribution in [1.82, 2.24) is 0 Å². The Balaban J connectivity index is 1.05. The number of carbonyl (C=O) groups excluding carboxylic acids is 1. The van der Waals surface area contributed by atoms with E-state index in [0.29, 0.717) is 56.9 Å². The summed E-state index contributed by atoms with van der Waals surface area (Å²) in [4.78, 5) is 14.0. The highest BCUT2D eigenvalue weighted by Gasteiger charge is 2.47. The fourth-order valence-corrected chi connectivity index (χ4v) is 12.6. The monoisotopic (exact) mass is 962 g/mol. The van der Waals surface area contributed by atoms with E-state index in [1.165, 1.54) is 69.6 Å². The maximum atomic E-state index is 14.9. The first kappa shape index (κ1) is 48.7. The van der Waals surface area contributed by atoms with Crippen LogP contribution in [0.5, 0.6) is 11.5 Å². The number of unbranched alkanes of at least 4 members (excludes halogenated alkanes) is 3. The highest BCUT2D eigenvalue weighted by atomic mass is 19.4. The van der Waals surface area contributed by atoms with E-state index in [0.717, 1.165) is 84.2 Å². The van der Waals surface area contributed by atoms with Crippen LogP contribution >= 0.6 is 0 Å². The summed E-state index contributed by atoms with van der Waals surface area (Å²) in [6.45, 7) is 9.22. The molecule has 0 radical (unpaired) electrons. The van der Waals surface area contributed by atoms with Gasteiger partial charge in [-0.25, -0.2) is 9.18 Å². The number of rotatable bonds is 14. The molecular weight excluding hydrogens is 897 g/mol.